The standard InChI is InChI=1S/C11H22Br2O2S/c1-4-16(14,15)6-5-11(8-12,9-13)7-10(2)3/h10H,4-9H2,1-3H3. The number of halogens is 2. The molecule has 0 amide bonds. The molecule has 0 saturated carbocycles. The SMILES string of the molecule is CCS(=O)(=O)CCC(CBr)(CBr)CC(C)C. The summed E-state index contributed by atoms with van der Waals surface area (Å²) in [6.45, 7) is 6.06. The summed E-state index contributed by atoms with van der Waals surface area (Å²) in [5.41, 5.74) is 0.0659. The van der Waals surface area contributed by atoms with Crippen LogP contribution in [0.5, 0.6) is 0 Å². The zero-order chi connectivity index (χ0) is 12.8. The van der Waals surface area contributed by atoms with Crippen molar-refractivity contribution in [3.63, 3.8) is 0 Å². The molecule has 0 fully saturated rings. The predicted molar refractivity (Wildman–Crippen MR) is 78.4 cm³/mol. The highest BCUT2D eigenvalue weighted by atomic mass is 79.9. The minimum absolute atomic E-state index is 0.0659. The normalized spacial score (nSPS) is 13.4. The van der Waals surface area contributed by atoms with Gasteiger partial charge in [0, 0.05) is 16.4 Å². The molecule has 0 aromatic rings. The van der Waals surface area contributed by atoms with E-state index in [4.69, 9.17) is 0 Å². The van der Waals surface area contributed by atoms with Gasteiger partial charge in [-0.05, 0) is 24.2 Å². The number of rotatable bonds is 8. The van der Waals surface area contributed by atoms with Gasteiger partial charge in [0.2, 0.25) is 0 Å². The van der Waals surface area contributed by atoms with Gasteiger partial charge >= 0.3 is 0 Å². The fraction of sp³-hybridized carbons (Fsp3) is 1.00. The molecule has 0 N–H and O–H groups in total. The van der Waals surface area contributed by atoms with Crippen LogP contribution in [0.15, 0.2) is 0 Å². The van der Waals surface area contributed by atoms with E-state index in [9.17, 15) is 8.42 Å². The van der Waals surface area contributed by atoms with Crippen LogP contribution in [0.2, 0.25) is 0 Å². The van der Waals surface area contributed by atoms with Gasteiger partial charge in [-0.3, -0.25) is 0 Å². The van der Waals surface area contributed by atoms with Crippen LogP contribution >= 0.6 is 31.9 Å². The van der Waals surface area contributed by atoms with Crippen molar-refractivity contribution >= 4 is 41.7 Å². The topological polar surface area (TPSA) is 34.1 Å². The van der Waals surface area contributed by atoms with Crippen molar-refractivity contribution in [2.75, 3.05) is 22.2 Å². The second kappa shape index (κ2) is 7.37. The molecule has 0 unspecified atom stereocenters. The van der Waals surface area contributed by atoms with E-state index in [1.54, 1.807) is 6.92 Å². The summed E-state index contributed by atoms with van der Waals surface area (Å²) in [4.78, 5) is 0. The highest BCUT2D eigenvalue weighted by Gasteiger charge is 2.30. The number of sulfone groups is 1. The molecule has 0 aliphatic carbocycles. The predicted octanol–water partition coefficient (Wildman–Crippen LogP) is 3.63. The molecule has 0 bridgehead atoms. The molecule has 0 aromatic carbocycles. The van der Waals surface area contributed by atoms with Crippen molar-refractivity contribution in [3.05, 3.63) is 0 Å². The molecule has 0 heterocycles. The second-order valence-electron chi connectivity index (χ2n) is 4.85. The van der Waals surface area contributed by atoms with Crippen molar-refractivity contribution in [2.24, 2.45) is 11.3 Å². The lowest BCUT2D eigenvalue weighted by Crippen LogP contribution is -2.30. The van der Waals surface area contributed by atoms with Gasteiger partial charge in [0.05, 0.1) is 5.75 Å². The highest BCUT2D eigenvalue weighted by molar-refractivity contribution is 9.09. The summed E-state index contributed by atoms with van der Waals surface area (Å²) in [6.07, 6.45) is 1.78. The van der Waals surface area contributed by atoms with Gasteiger partial charge in [0.25, 0.3) is 0 Å². The van der Waals surface area contributed by atoms with Gasteiger partial charge in [-0.25, -0.2) is 8.42 Å². The van der Waals surface area contributed by atoms with E-state index in [1.165, 1.54) is 0 Å². The minimum Gasteiger partial charge on any atom is -0.229 e. The first-order valence-electron chi connectivity index (χ1n) is 5.63. The van der Waals surface area contributed by atoms with E-state index >= 15 is 0 Å². The Morgan fingerprint density at radius 1 is 1.19 bits per heavy atom. The van der Waals surface area contributed by atoms with Crippen molar-refractivity contribution in [2.45, 2.75) is 33.6 Å². The maximum atomic E-state index is 11.5. The van der Waals surface area contributed by atoms with Gasteiger partial charge in [-0.15, -0.1) is 0 Å². The molecule has 98 valence electrons. The van der Waals surface area contributed by atoms with Crippen molar-refractivity contribution in [3.8, 4) is 0 Å². The third-order valence-electron chi connectivity index (χ3n) is 2.79. The van der Waals surface area contributed by atoms with Crippen molar-refractivity contribution in [1.82, 2.24) is 0 Å². The molecule has 0 saturated heterocycles. The van der Waals surface area contributed by atoms with Crippen LogP contribution in [0.3, 0.4) is 0 Å². The van der Waals surface area contributed by atoms with E-state index in [0.717, 1.165) is 23.5 Å². The van der Waals surface area contributed by atoms with Gasteiger partial charge in [0.15, 0.2) is 0 Å². The third-order valence-corrected chi connectivity index (χ3v) is 6.88. The molecule has 0 atom stereocenters. The molecule has 16 heavy (non-hydrogen) atoms. The van der Waals surface area contributed by atoms with Crippen LogP contribution < -0.4 is 0 Å². The first-order chi connectivity index (χ1) is 7.31. The Bertz CT molecular complexity index is 282. The second-order valence-corrected chi connectivity index (χ2v) is 8.45. The Morgan fingerprint density at radius 3 is 2.00 bits per heavy atom. The van der Waals surface area contributed by atoms with Crippen LogP contribution in [0.25, 0.3) is 0 Å². The van der Waals surface area contributed by atoms with Gasteiger partial charge in [-0.1, -0.05) is 52.6 Å². The lowest BCUT2D eigenvalue weighted by atomic mass is 9.82. The molecule has 0 rings (SSSR count). The van der Waals surface area contributed by atoms with E-state index < -0.39 is 9.84 Å². The van der Waals surface area contributed by atoms with E-state index in [1.807, 2.05) is 0 Å². The first kappa shape index (κ1) is 16.9. The Labute approximate surface area is 117 Å². The van der Waals surface area contributed by atoms with Gasteiger partial charge in [-0.2, -0.15) is 0 Å². The molecule has 0 spiro atoms. The summed E-state index contributed by atoms with van der Waals surface area (Å²) < 4.78 is 23.1. The fourth-order valence-corrected chi connectivity index (χ4v) is 4.74. The minimum atomic E-state index is -2.85. The quantitative estimate of drug-likeness (QED) is 0.605. The summed E-state index contributed by atoms with van der Waals surface area (Å²) >= 11 is 7.05. The fourth-order valence-electron chi connectivity index (χ4n) is 1.76. The van der Waals surface area contributed by atoms with E-state index in [0.29, 0.717) is 11.7 Å². The van der Waals surface area contributed by atoms with Crippen LogP contribution in [0.4, 0.5) is 0 Å². The maximum absolute atomic E-state index is 11.5. The number of alkyl halides is 2. The molecule has 0 aromatic heterocycles. The Balaban J connectivity index is 4.56. The lowest BCUT2D eigenvalue weighted by molar-refractivity contribution is 0.296. The summed E-state index contributed by atoms with van der Waals surface area (Å²) in [5.74, 6) is 1.13. The number of hydrogen-bond donors (Lipinski definition) is 0. The zero-order valence-corrected chi connectivity index (χ0v) is 14.3. The summed E-state index contributed by atoms with van der Waals surface area (Å²) in [6, 6.07) is 0. The molecule has 0 aliphatic heterocycles. The largest absolute Gasteiger partial charge is 0.229 e. The average molecular weight is 378 g/mol. The summed E-state index contributed by atoms with van der Waals surface area (Å²) in [5, 5.41) is 1.70. The molecule has 5 heteroatoms. The molecule has 2 nitrogen and oxygen atoms in total. The Morgan fingerprint density at radius 2 is 1.69 bits per heavy atom. The monoisotopic (exact) mass is 376 g/mol. The molecular weight excluding hydrogens is 356 g/mol. The van der Waals surface area contributed by atoms with Crippen molar-refractivity contribution in [1.29, 1.82) is 0 Å². The molecule has 0 radical (unpaired) electrons. The zero-order valence-electron chi connectivity index (χ0n) is 10.3. The smallest absolute Gasteiger partial charge is 0.150 e. The Hall–Kier alpha value is 0.910. The van der Waals surface area contributed by atoms with Crippen molar-refractivity contribution < 1.29 is 8.42 Å². The van der Waals surface area contributed by atoms with Crippen LogP contribution in [0, 0.1) is 11.3 Å². The molecule has 0 aliphatic rings. The van der Waals surface area contributed by atoms with Gasteiger partial charge in [0.1, 0.15) is 9.84 Å². The highest BCUT2D eigenvalue weighted by Crippen LogP contribution is 2.35. The Kier molecular flexibility index (Phi) is 7.79. The molecular formula is C11H22Br2O2S. The van der Waals surface area contributed by atoms with E-state index in [-0.39, 0.29) is 11.2 Å². The summed E-state index contributed by atoms with van der Waals surface area (Å²) in [7, 11) is -2.85. The third kappa shape index (κ3) is 6.01. The average Bonchev–Trinajstić information content (AvgIpc) is 2.24. The van der Waals surface area contributed by atoms with Crippen LogP contribution in [0.1, 0.15) is 33.6 Å². The van der Waals surface area contributed by atoms with Crippen LogP contribution in [-0.2, 0) is 9.84 Å². The first-order valence-corrected chi connectivity index (χ1v) is 9.69. The lowest BCUT2D eigenvalue weighted by Gasteiger charge is -2.31. The van der Waals surface area contributed by atoms with E-state index in [2.05, 4.69) is 45.7 Å². The number of hydrogen-bond acceptors (Lipinski definition) is 2. The van der Waals surface area contributed by atoms with Crippen LogP contribution in [-0.4, -0.2) is 30.6 Å². The maximum Gasteiger partial charge on any atom is 0.150 e. The van der Waals surface area contributed by atoms with Gasteiger partial charge < -0.3 is 0 Å².